The number of carbonyl (C=O) groups is 2. The molecule has 0 unspecified atom stereocenters. The van der Waals surface area contributed by atoms with Gasteiger partial charge in [0, 0.05) is 25.9 Å². The predicted octanol–water partition coefficient (Wildman–Crippen LogP) is 1.69. The summed E-state index contributed by atoms with van der Waals surface area (Å²) in [5, 5.41) is 9.55. The van der Waals surface area contributed by atoms with Crippen LogP contribution in [-0.4, -0.2) is 38.5 Å². The maximum Gasteiger partial charge on any atom is 0.435 e. The number of nitrogens with one attached hydrogen (secondary N) is 1. The fourth-order valence-corrected chi connectivity index (χ4v) is 1.93. The number of aromatic nitrogens is 4. The van der Waals surface area contributed by atoms with Gasteiger partial charge < -0.3 is 10.1 Å². The number of ether oxygens (including phenoxy) is 1. The zero-order valence-corrected chi connectivity index (χ0v) is 13.0. The number of hydrogen-bond acceptors (Lipinski definition) is 5. The Labute approximate surface area is 134 Å². The van der Waals surface area contributed by atoms with Crippen molar-refractivity contribution in [1.29, 1.82) is 0 Å². The molecular weight excluding hydrogens is 331 g/mol. The average Bonchev–Trinajstić information content (AvgIpc) is 3.09. The van der Waals surface area contributed by atoms with Gasteiger partial charge in [0.2, 0.25) is 0 Å². The Hall–Kier alpha value is -2.85. The lowest BCUT2D eigenvalue weighted by Gasteiger charge is -2.04. The van der Waals surface area contributed by atoms with Gasteiger partial charge in [-0.1, -0.05) is 0 Å². The number of esters is 1. The minimum atomic E-state index is -4.67. The summed E-state index contributed by atoms with van der Waals surface area (Å²) in [5.74, 6) is -1.64. The summed E-state index contributed by atoms with van der Waals surface area (Å²) in [6, 6.07) is 0.622. The van der Waals surface area contributed by atoms with Gasteiger partial charge in [-0.2, -0.15) is 23.4 Å². The molecule has 2 rings (SSSR count). The van der Waals surface area contributed by atoms with E-state index in [0.717, 1.165) is 11.8 Å². The molecule has 0 spiro atoms. The second kappa shape index (κ2) is 6.34. The van der Waals surface area contributed by atoms with Crippen LogP contribution in [0.5, 0.6) is 0 Å². The molecule has 1 amide bonds. The fourth-order valence-electron chi connectivity index (χ4n) is 1.93. The van der Waals surface area contributed by atoms with E-state index in [9.17, 15) is 22.8 Å². The van der Waals surface area contributed by atoms with E-state index >= 15 is 0 Å². The highest BCUT2D eigenvalue weighted by atomic mass is 19.4. The Morgan fingerprint density at radius 2 is 2.00 bits per heavy atom. The Morgan fingerprint density at radius 3 is 2.50 bits per heavy atom. The molecule has 2 aromatic rings. The highest BCUT2D eigenvalue weighted by Gasteiger charge is 2.35. The first-order valence-electron chi connectivity index (χ1n) is 6.75. The standard InChI is InChI=1S/C13H14F3N5O3/c1-4-21-6-7(10(19-21)12(23)24-3)17-11(22)8-5-9(13(14,15)16)18-20(8)2/h5-6H,4H2,1-3H3,(H,17,22). The van der Waals surface area contributed by atoms with Crippen molar-refractivity contribution >= 4 is 17.6 Å². The average molecular weight is 345 g/mol. The topological polar surface area (TPSA) is 91.0 Å². The molecule has 2 heterocycles. The molecule has 0 saturated heterocycles. The molecule has 0 fully saturated rings. The van der Waals surface area contributed by atoms with E-state index < -0.39 is 23.7 Å². The van der Waals surface area contributed by atoms with Crippen molar-refractivity contribution in [2.45, 2.75) is 19.6 Å². The molecule has 130 valence electrons. The third-order valence-electron chi connectivity index (χ3n) is 3.12. The predicted molar refractivity (Wildman–Crippen MR) is 75.4 cm³/mol. The van der Waals surface area contributed by atoms with Gasteiger partial charge in [-0.05, 0) is 6.92 Å². The molecule has 0 saturated carbocycles. The third kappa shape index (κ3) is 3.39. The van der Waals surface area contributed by atoms with Gasteiger partial charge in [0.05, 0.1) is 12.8 Å². The van der Waals surface area contributed by atoms with Crippen molar-refractivity contribution in [3.63, 3.8) is 0 Å². The van der Waals surface area contributed by atoms with Gasteiger partial charge in [0.15, 0.2) is 11.4 Å². The van der Waals surface area contributed by atoms with Crippen LogP contribution in [0.1, 0.15) is 33.6 Å². The lowest BCUT2D eigenvalue weighted by atomic mass is 10.3. The van der Waals surface area contributed by atoms with Crippen LogP contribution in [0.2, 0.25) is 0 Å². The Morgan fingerprint density at radius 1 is 1.33 bits per heavy atom. The van der Waals surface area contributed by atoms with Crippen LogP contribution < -0.4 is 5.32 Å². The summed E-state index contributed by atoms with van der Waals surface area (Å²) in [4.78, 5) is 23.9. The fraction of sp³-hybridized carbons (Fsp3) is 0.385. The maximum atomic E-state index is 12.7. The highest BCUT2D eigenvalue weighted by molar-refractivity contribution is 6.06. The molecule has 0 bridgehead atoms. The lowest BCUT2D eigenvalue weighted by molar-refractivity contribution is -0.141. The molecular formula is C13H14F3N5O3. The van der Waals surface area contributed by atoms with Crippen LogP contribution in [-0.2, 0) is 24.5 Å². The zero-order valence-electron chi connectivity index (χ0n) is 13.0. The van der Waals surface area contributed by atoms with E-state index in [1.807, 2.05) is 0 Å². The highest BCUT2D eigenvalue weighted by Crippen LogP contribution is 2.28. The van der Waals surface area contributed by atoms with Gasteiger partial charge in [0.25, 0.3) is 5.91 Å². The SMILES string of the molecule is CCn1cc(NC(=O)c2cc(C(F)(F)F)nn2C)c(C(=O)OC)n1. The van der Waals surface area contributed by atoms with Crippen molar-refractivity contribution in [3.05, 3.63) is 29.3 Å². The number of rotatable bonds is 4. The number of carbonyl (C=O) groups excluding carboxylic acids is 2. The van der Waals surface area contributed by atoms with Gasteiger partial charge in [-0.3, -0.25) is 14.2 Å². The van der Waals surface area contributed by atoms with Gasteiger partial charge >= 0.3 is 12.1 Å². The summed E-state index contributed by atoms with van der Waals surface area (Å²) in [6.07, 6.45) is -3.29. The van der Waals surface area contributed by atoms with E-state index in [2.05, 4.69) is 20.3 Å². The number of methoxy groups -OCH3 is 1. The molecule has 11 heteroatoms. The quantitative estimate of drug-likeness (QED) is 0.852. The van der Waals surface area contributed by atoms with Crippen molar-refractivity contribution in [2.24, 2.45) is 7.05 Å². The number of alkyl halides is 3. The van der Waals surface area contributed by atoms with Crippen LogP contribution in [0.3, 0.4) is 0 Å². The summed E-state index contributed by atoms with van der Waals surface area (Å²) in [5.41, 5.74) is -1.62. The monoisotopic (exact) mass is 345 g/mol. The maximum absolute atomic E-state index is 12.7. The summed E-state index contributed by atoms with van der Waals surface area (Å²) in [7, 11) is 2.36. The molecule has 0 aliphatic rings. The molecule has 8 nitrogen and oxygen atoms in total. The van der Waals surface area contributed by atoms with Gasteiger partial charge in [0.1, 0.15) is 5.69 Å². The van der Waals surface area contributed by atoms with Gasteiger partial charge in [-0.15, -0.1) is 0 Å². The minimum Gasteiger partial charge on any atom is -0.464 e. The first-order valence-corrected chi connectivity index (χ1v) is 6.75. The number of aryl methyl sites for hydroxylation is 2. The lowest BCUT2D eigenvalue weighted by Crippen LogP contribution is -2.17. The number of anilines is 1. The number of amides is 1. The molecule has 1 N–H and O–H groups in total. The van der Waals surface area contributed by atoms with Crippen molar-refractivity contribution in [2.75, 3.05) is 12.4 Å². The zero-order chi connectivity index (χ0) is 18.1. The Kier molecular flexibility index (Phi) is 4.62. The normalized spacial score (nSPS) is 11.4. The molecule has 0 atom stereocenters. The molecule has 0 radical (unpaired) electrons. The molecule has 0 aliphatic heterocycles. The van der Waals surface area contributed by atoms with Gasteiger partial charge in [-0.25, -0.2) is 4.79 Å². The van der Waals surface area contributed by atoms with E-state index in [-0.39, 0.29) is 17.1 Å². The van der Waals surface area contributed by atoms with Crippen molar-refractivity contribution in [1.82, 2.24) is 19.6 Å². The van der Waals surface area contributed by atoms with Crippen molar-refractivity contribution in [3.8, 4) is 0 Å². The largest absolute Gasteiger partial charge is 0.464 e. The Balaban J connectivity index is 2.32. The number of hydrogen-bond donors (Lipinski definition) is 1. The molecule has 0 aliphatic carbocycles. The van der Waals surface area contributed by atoms with Crippen LogP contribution in [0.15, 0.2) is 12.3 Å². The first kappa shape index (κ1) is 17.5. The van der Waals surface area contributed by atoms with E-state index in [1.54, 1.807) is 6.92 Å². The smallest absolute Gasteiger partial charge is 0.435 e. The second-order valence-electron chi connectivity index (χ2n) is 4.73. The first-order chi connectivity index (χ1) is 11.2. The molecule has 0 aromatic carbocycles. The van der Waals surface area contributed by atoms with E-state index in [4.69, 9.17) is 0 Å². The summed E-state index contributed by atoms with van der Waals surface area (Å²) < 4.78 is 44.7. The van der Waals surface area contributed by atoms with Crippen LogP contribution >= 0.6 is 0 Å². The van der Waals surface area contributed by atoms with Crippen LogP contribution in [0, 0.1) is 0 Å². The van der Waals surface area contributed by atoms with Crippen molar-refractivity contribution < 1.29 is 27.5 Å². The molecule has 24 heavy (non-hydrogen) atoms. The number of halogens is 3. The summed E-state index contributed by atoms with van der Waals surface area (Å²) >= 11 is 0. The van der Waals surface area contributed by atoms with E-state index in [0.29, 0.717) is 12.6 Å². The summed E-state index contributed by atoms with van der Waals surface area (Å²) in [6.45, 7) is 2.18. The minimum absolute atomic E-state index is 0.0310. The second-order valence-corrected chi connectivity index (χ2v) is 4.73. The number of nitrogens with zero attached hydrogens (tertiary/aromatic N) is 4. The van der Waals surface area contributed by atoms with Crippen LogP contribution in [0.4, 0.5) is 18.9 Å². The third-order valence-corrected chi connectivity index (χ3v) is 3.12. The molecule has 2 aromatic heterocycles. The Bertz CT molecular complexity index is 778. The van der Waals surface area contributed by atoms with Crippen LogP contribution in [0.25, 0.3) is 0 Å². The van der Waals surface area contributed by atoms with E-state index in [1.165, 1.54) is 17.9 Å².